The highest BCUT2D eigenvalue weighted by Gasteiger charge is 2.60. The number of carbonyl (C=O) groups excluding carboxylic acids is 1. The van der Waals surface area contributed by atoms with Crippen LogP contribution in [0.15, 0.2) is 24.3 Å². The van der Waals surface area contributed by atoms with E-state index in [2.05, 4.69) is 0 Å². The Labute approximate surface area is 111 Å². The number of thiocarbonyl (C=S) groups is 1. The van der Waals surface area contributed by atoms with Crippen LogP contribution in [0.5, 0.6) is 0 Å². The predicted molar refractivity (Wildman–Crippen MR) is 72.8 cm³/mol. The summed E-state index contributed by atoms with van der Waals surface area (Å²) in [6.07, 6.45) is 0. The Hall–Kier alpha value is -1.47. The van der Waals surface area contributed by atoms with Crippen molar-refractivity contribution < 1.29 is 13.2 Å². The number of anilines is 1. The predicted octanol–water partition coefficient (Wildman–Crippen LogP) is 0.776. The Balaban J connectivity index is 2.50. The Morgan fingerprint density at radius 3 is 2.50 bits per heavy atom. The third kappa shape index (κ3) is 1.54. The quantitative estimate of drug-likeness (QED) is 0.812. The van der Waals surface area contributed by atoms with E-state index >= 15 is 0 Å². The van der Waals surface area contributed by atoms with Crippen LogP contribution in [-0.2, 0) is 14.8 Å². The van der Waals surface area contributed by atoms with Gasteiger partial charge >= 0.3 is 0 Å². The van der Waals surface area contributed by atoms with E-state index in [1.54, 1.807) is 12.1 Å². The zero-order valence-corrected chi connectivity index (χ0v) is 11.5. The molecule has 1 aliphatic rings. The first-order valence-corrected chi connectivity index (χ1v) is 7.03. The zero-order chi connectivity index (χ0) is 13.7. The largest absolute Gasteiger partial charge is 0.389 e. The van der Waals surface area contributed by atoms with Crippen molar-refractivity contribution in [3.05, 3.63) is 29.8 Å². The highest BCUT2D eigenvalue weighted by atomic mass is 32.2. The van der Waals surface area contributed by atoms with Crippen LogP contribution in [0.4, 0.5) is 5.69 Å². The molecule has 5 nitrogen and oxygen atoms in total. The van der Waals surface area contributed by atoms with E-state index in [0.29, 0.717) is 5.56 Å². The summed E-state index contributed by atoms with van der Waals surface area (Å²) in [4.78, 5) is 12.0. The van der Waals surface area contributed by atoms with Crippen molar-refractivity contribution >= 4 is 38.8 Å². The van der Waals surface area contributed by atoms with Crippen molar-refractivity contribution in [2.45, 2.75) is 18.6 Å². The van der Waals surface area contributed by atoms with Gasteiger partial charge in [0.2, 0.25) is 0 Å². The van der Waals surface area contributed by atoms with Crippen LogP contribution in [0.3, 0.4) is 0 Å². The number of nitrogens with zero attached hydrogens (tertiary/aromatic N) is 1. The Bertz CT molecular complexity index is 650. The van der Waals surface area contributed by atoms with Crippen LogP contribution < -0.4 is 10.0 Å². The van der Waals surface area contributed by atoms with Gasteiger partial charge in [0.1, 0.15) is 4.99 Å². The van der Waals surface area contributed by atoms with Gasteiger partial charge in [0, 0.05) is 5.56 Å². The molecule has 0 saturated carbocycles. The lowest BCUT2D eigenvalue weighted by molar-refractivity contribution is -0.120. The van der Waals surface area contributed by atoms with Crippen LogP contribution >= 0.6 is 12.2 Å². The molecule has 2 rings (SSSR count). The molecule has 2 N–H and O–H groups in total. The summed E-state index contributed by atoms with van der Waals surface area (Å²) in [5.41, 5.74) is 6.27. The number of hydrogen-bond acceptors (Lipinski definition) is 4. The Morgan fingerprint density at radius 1 is 1.39 bits per heavy atom. The maximum absolute atomic E-state index is 12.0. The van der Waals surface area contributed by atoms with E-state index in [4.69, 9.17) is 18.0 Å². The molecule has 1 aromatic rings. The average Bonchev–Trinajstić information content (AvgIpc) is 2.29. The molecular formula is C11H12N2O3S2. The lowest BCUT2D eigenvalue weighted by atomic mass is 10.1. The molecule has 0 radical (unpaired) electrons. The number of rotatable bonds is 2. The highest BCUT2D eigenvalue weighted by molar-refractivity contribution is 7.98. The second-order valence-corrected chi connectivity index (χ2v) is 7.28. The number of carbonyl (C=O) groups is 1. The molecule has 0 spiro atoms. The van der Waals surface area contributed by atoms with Crippen molar-refractivity contribution in [3.63, 3.8) is 0 Å². The molecule has 0 aliphatic carbocycles. The minimum absolute atomic E-state index is 0.154. The van der Waals surface area contributed by atoms with E-state index in [1.165, 1.54) is 26.0 Å². The molecule has 0 atom stereocenters. The van der Waals surface area contributed by atoms with Crippen LogP contribution in [0.1, 0.15) is 19.4 Å². The molecule has 1 saturated heterocycles. The first-order valence-electron chi connectivity index (χ1n) is 5.19. The molecule has 96 valence electrons. The van der Waals surface area contributed by atoms with Crippen LogP contribution in [0, 0.1) is 0 Å². The highest BCUT2D eigenvalue weighted by Crippen LogP contribution is 2.39. The van der Waals surface area contributed by atoms with Gasteiger partial charge in [0.15, 0.2) is 4.75 Å². The summed E-state index contributed by atoms with van der Waals surface area (Å²) < 4.78 is 23.4. The molecular weight excluding hydrogens is 272 g/mol. The van der Waals surface area contributed by atoms with Gasteiger partial charge in [-0.3, -0.25) is 4.79 Å². The van der Waals surface area contributed by atoms with Crippen LogP contribution in [-0.4, -0.2) is 24.1 Å². The molecule has 0 bridgehead atoms. The molecule has 1 heterocycles. The number of sulfonamides is 1. The Kier molecular flexibility index (Phi) is 2.71. The van der Waals surface area contributed by atoms with Crippen LogP contribution in [0.25, 0.3) is 0 Å². The van der Waals surface area contributed by atoms with Gasteiger partial charge in [-0.15, -0.1) is 0 Å². The van der Waals surface area contributed by atoms with E-state index in [9.17, 15) is 13.2 Å². The van der Waals surface area contributed by atoms with E-state index in [0.717, 1.165) is 4.31 Å². The molecule has 18 heavy (non-hydrogen) atoms. The number of amides is 1. The van der Waals surface area contributed by atoms with Gasteiger partial charge in [-0.2, -0.15) is 0 Å². The minimum Gasteiger partial charge on any atom is -0.389 e. The third-order valence-corrected chi connectivity index (χ3v) is 5.51. The first-order chi connectivity index (χ1) is 8.19. The zero-order valence-electron chi connectivity index (χ0n) is 9.88. The fourth-order valence-electron chi connectivity index (χ4n) is 1.69. The van der Waals surface area contributed by atoms with E-state index in [-0.39, 0.29) is 10.7 Å². The summed E-state index contributed by atoms with van der Waals surface area (Å²) in [6, 6.07) is 6.30. The molecule has 1 fully saturated rings. The van der Waals surface area contributed by atoms with Gasteiger partial charge in [0.05, 0.1) is 5.69 Å². The lowest BCUT2D eigenvalue weighted by Gasteiger charge is -2.42. The van der Waals surface area contributed by atoms with Crippen LogP contribution in [0.2, 0.25) is 0 Å². The Morgan fingerprint density at radius 2 is 2.00 bits per heavy atom. The second-order valence-electron chi connectivity index (χ2n) is 4.50. The van der Waals surface area contributed by atoms with E-state index in [1.807, 2.05) is 0 Å². The SMILES string of the molecule is CC1(C)C(=O)N(c2cccc(C(N)=S)c2)S1(=O)=O. The molecule has 1 amide bonds. The van der Waals surface area contributed by atoms with Gasteiger partial charge in [0.25, 0.3) is 15.9 Å². The van der Waals surface area contributed by atoms with Gasteiger partial charge in [-0.1, -0.05) is 24.4 Å². The monoisotopic (exact) mass is 284 g/mol. The minimum atomic E-state index is -3.65. The normalized spacial score (nSPS) is 20.3. The number of hydrogen-bond donors (Lipinski definition) is 1. The average molecular weight is 284 g/mol. The van der Waals surface area contributed by atoms with Gasteiger partial charge in [-0.05, 0) is 26.0 Å². The van der Waals surface area contributed by atoms with E-state index < -0.39 is 20.7 Å². The van der Waals surface area contributed by atoms with Gasteiger partial charge in [-0.25, -0.2) is 12.7 Å². The number of benzene rings is 1. The number of nitrogens with two attached hydrogens (primary N) is 1. The van der Waals surface area contributed by atoms with Crippen molar-refractivity contribution in [2.24, 2.45) is 5.73 Å². The fourth-order valence-corrected chi connectivity index (χ4v) is 3.30. The standard InChI is InChI=1S/C11H12N2O3S2/c1-11(2)10(14)13(18(11,15)16)8-5-3-4-7(6-8)9(12)17/h3-6H,1-2H3,(H2,12,17). The summed E-state index contributed by atoms with van der Waals surface area (Å²) in [5, 5.41) is 0. The van der Waals surface area contributed by atoms with Crippen molar-refractivity contribution in [1.82, 2.24) is 0 Å². The topological polar surface area (TPSA) is 80.5 Å². The lowest BCUT2D eigenvalue weighted by Crippen LogP contribution is -2.67. The third-order valence-electron chi connectivity index (χ3n) is 2.95. The van der Waals surface area contributed by atoms with Crippen molar-refractivity contribution in [3.8, 4) is 0 Å². The summed E-state index contributed by atoms with van der Waals surface area (Å²) in [5.74, 6) is -0.456. The molecule has 7 heteroatoms. The maximum Gasteiger partial charge on any atom is 0.263 e. The van der Waals surface area contributed by atoms with Gasteiger partial charge < -0.3 is 5.73 Å². The summed E-state index contributed by atoms with van der Waals surface area (Å²) in [6.45, 7) is 2.77. The van der Waals surface area contributed by atoms with Crippen molar-refractivity contribution in [1.29, 1.82) is 0 Å². The first kappa shape index (κ1) is 13.0. The molecule has 1 aromatic carbocycles. The smallest absolute Gasteiger partial charge is 0.263 e. The summed E-state index contributed by atoms with van der Waals surface area (Å²) in [7, 11) is -3.65. The molecule has 0 aromatic heterocycles. The molecule has 1 aliphatic heterocycles. The fraction of sp³-hybridized carbons (Fsp3) is 0.273. The molecule has 0 unspecified atom stereocenters. The second kappa shape index (κ2) is 3.76. The van der Waals surface area contributed by atoms with Crippen molar-refractivity contribution in [2.75, 3.05) is 4.31 Å². The summed E-state index contributed by atoms with van der Waals surface area (Å²) >= 11 is 4.82. The maximum atomic E-state index is 12.0.